The number of hydrogen-bond acceptors (Lipinski definition) is 4. The average molecular weight is 260 g/mol. The molecule has 0 spiro atoms. The van der Waals surface area contributed by atoms with Crippen molar-refractivity contribution in [2.45, 2.75) is 6.04 Å². The third-order valence-corrected chi connectivity index (χ3v) is 2.94. The number of carbonyl (C=O) groups is 1. The molecular weight excluding hydrogens is 244 g/mol. The van der Waals surface area contributed by atoms with Gasteiger partial charge in [0.05, 0.1) is 24.8 Å². The number of aliphatic hydroxyl groups excluding tert-OH is 2. The zero-order valence-corrected chi connectivity index (χ0v) is 10.3. The van der Waals surface area contributed by atoms with Gasteiger partial charge >= 0.3 is 0 Å². The van der Waals surface area contributed by atoms with Crippen LogP contribution < -0.4 is 11.1 Å². The Morgan fingerprint density at radius 1 is 1.16 bits per heavy atom. The number of hydrogen-bond donors (Lipinski definition) is 4. The minimum atomic E-state index is -0.682. The maximum atomic E-state index is 12.0. The Kier molecular flexibility index (Phi) is 3.99. The van der Waals surface area contributed by atoms with E-state index in [9.17, 15) is 4.79 Å². The van der Waals surface area contributed by atoms with Gasteiger partial charge in [-0.05, 0) is 22.9 Å². The summed E-state index contributed by atoms with van der Waals surface area (Å²) in [4.78, 5) is 12.0. The molecule has 0 saturated carbocycles. The summed E-state index contributed by atoms with van der Waals surface area (Å²) in [6.07, 6.45) is 0. The van der Waals surface area contributed by atoms with Crippen LogP contribution in [0.2, 0.25) is 0 Å². The predicted molar refractivity (Wildman–Crippen MR) is 73.8 cm³/mol. The molecule has 0 unspecified atom stereocenters. The molecule has 2 aromatic rings. The molecule has 0 aliphatic carbocycles. The van der Waals surface area contributed by atoms with Crippen LogP contribution in [0.25, 0.3) is 10.8 Å². The predicted octanol–water partition coefficient (Wildman–Crippen LogP) is 0.505. The first-order valence-corrected chi connectivity index (χ1v) is 5.96. The molecule has 5 nitrogen and oxygen atoms in total. The lowest BCUT2D eigenvalue weighted by molar-refractivity contribution is 0.0880. The number of benzene rings is 2. The summed E-state index contributed by atoms with van der Waals surface area (Å²) in [6.45, 7) is -0.647. The van der Waals surface area contributed by atoms with Gasteiger partial charge in [-0.1, -0.05) is 24.3 Å². The van der Waals surface area contributed by atoms with Gasteiger partial charge in [0, 0.05) is 5.69 Å². The van der Waals surface area contributed by atoms with E-state index < -0.39 is 11.9 Å². The van der Waals surface area contributed by atoms with Crippen LogP contribution in [0.3, 0.4) is 0 Å². The van der Waals surface area contributed by atoms with Crippen molar-refractivity contribution >= 4 is 22.4 Å². The Bertz CT molecular complexity index is 594. The van der Waals surface area contributed by atoms with Crippen molar-refractivity contribution in [1.29, 1.82) is 0 Å². The van der Waals surface area contributed by atoms with Crippen molar-refractivity contribution < 1.29 is 15.0 Å². The Hall–Kier alpha value is -2.11. The number of aliphatic hydroxyl groups is 2. The molecule has 0 saturated heterocycles. The van der Waals surface area contributed by atoms with Gasteiger partial charge in [0.25, 0.3) is 5.91 Å². The molecule has 0 fully saturated rings. The van der Waals surface area contributed by atoms with Crippen LogP contribution in [0.5, 0.6) is 0 Å². The van der Waals surface area contributed by atoms with Gasteiger partial charge in [0.1, 0.15) is 0 Å². The molecule has 2 aromatic carbocycles. The van der Waals surface area contributed by atoms with E-state index in [4.69, 9.17) is 15.9 Å². The van der Waals surface area contributed by atoms with Crippen molar-refractivity contribution in [2.75, 3.05) is 18.9 Å². The third-order valence-electron chi connectivity index (χ3n) is 2.94. The maximum Gasteiger partial charge on any atom is 0.253 e. The molecule has 100 valence electrons. The number of rotatable bonds is 4. The summed E-state index contributed by atoms with van der Waals surface area (Å²) in [5, 5.41) is 22.3. The van der Waals surface area contributed by atoms with Crippen LogP contribution in [-0.2, 0) is 0 Å². The lowest BCUT2D eigenvalue weighted by Gasteiger charge is -2.14. The second kappa shape index (κ2) is 5.69. The fraction of sp³-hybridized carbons (Fsp3) is 0.214. The number of fused-ring (bicyclic) bond motifs is 1. The first-order chi connectivity index (χ1) is 9.15. The first kappa shape index (κ1) is 13.3. The van der Waals surface area contributed by atoms with Gasteiger partial charge < -0.3 is 21.3 Å². The molecule has 0 aliphatic rings. The summed E-state index contributed by atoms with van der Waals surface area (Å²) >= 11 is 0. The summed E-state index contributed by atoms with van der Waals surface area (Å²) < 4.78 is 0. The van der Waals surface area contributed by atoms with Gasteiger partial charge in [0.2, 0.25) is 0 Å². The largest absolute Gasteiger partial charge is 0.398 e. The fourth-order valence-corrected chi connectivity index (χ4v) is 1.87. The van der Waals surface area contributed by atoms with Crippen molar-refractivity contribution in [3.05, 3.63) is 42.0 Å². The molecule has 0 aromatic heterocycles. The van der Waals surface area contributed by atoms with Crippen molar-refractivity contribution in [3.8, 4) is 0 Å². The maximum absolute atomic E-state index is 12.0. The smallest absolute Gasteiger partial charge is 0.253 e. The molecular formula is C14H16N2O3. The SMILES string of the molecule is Nc1cc2ccccc2cc1C(=O)NC(CO)CO. The number of nitrogen functional groups attached to an aromatic ring is 1. The Morgan fingerprint density at radius 2 is 1.74 bits per heavy atom. The van der Waals surface area contributed by atoms with E-state index in [1.54, 1.807) is 12.1 Å². The zero-order chi connectivity index (χ0) is 13.8. The number of anilines is 1. The summed E-state index contributed by atoms with van der Waals surface area (Å²) in [5.74, 6) is -0.406. The van der Waals surface area contributed by atoms with E-state index in [-0.39, 0.29) is 13.2 Å². The fourth-order valence-electron chi connectivity index (χ4n) is 1.87. The molecule has 0 radical (unpaired) electrons. The Morgan fingerprint density at radius 3 is 2.32 bits per heavy atom. The van der Waals surface area contributed by atoms with Gasteiger partial charge in [0.15, 0.2) is 0 Å². The Labute approximate surface area is 110 Å². The van der Waals surface area contributed by atoms with Crippen LogP contribution in [0, 0.1) is 0 Å². The zero-order valence-electron chi connectivity index (χ0n) is 10.3. The summed E-state index contributed by atoms with van der Waals surface area (Å²) in [6, 6.07) is 10.3. The molecule has 0 heterocycles. The molecule has 2 rings (SSSR count). The van der Waals surface area contributed by atoms with Crippen LogP contribution in [0.1, 0.15) is 10.4 Å². The number of carbonyl (C=O) groups excluding carboxylic acids is 1. The highest BCUT2D eigenvalue weighted by Gasteiger charge is 2.15. The van der Waals surface area contributed by atoms with Crippen LogP contribution in [0.4, 0.5) is 5.69 Å². The third kappa shape index (κ3) is 2.83. The molecule has 0 aliphatic heterocycles. The van der Waals surface area contributed by atoms with E-state index in [2.05, 4.69) is 5.32 Å². The molecule has 0 atom stereocenters. The summed E-state index contributed by atoms with van der Waals surface area (Å²) in [5.41, 5.74) is 6.57. The van der Waals surface area contributed by atoms with E-state index in [1.807, 2.05) is 24.3 Å². The first-order valence-electron chi connectivity index (χ1n) is 5.96. The minimum absolute atomic E-state index is 0.324. The van der Waals surface area contributed by atoms with Crippen molar-refractivity contribution in [1.82, 2.24) is 5.32 Å². The van der Waals surface area contributed by atoms with Gasteiger partial charge in [-0.25, -0.2) is 0 Å². The second-order valence-electron chi connectivity index (χ2n) is 4.32. The molecule has 5 heteroatoms. The highest BCUT2D eigenvalue weighted by atomic mass is 16.3. The number of nitrogens with one attached hydrogen (secondary N) is 1. The van der Waals surface area contributed by atoms with E-state index in [1.165, 1.54) is 0 Å². The van der Waals surface area contributed by atoms with E-state index in [0.717, 1.165) is 10.8 Å². The number of nitrogens with two attached hydrogens (primary N) is 1. The van der Waals surface area contributed by atoms with Crippen LogP contribution in [-0.4, -0.2) is 35.4 Å². The standard InChI is InChI=1S/C14H16N2O3/c15-13-6-10-4-2-1-3-9(10)5-12(13)14(19)16-11(7-17)8-18/h1-6,11,17-18H,7-8,15H2,(H,16,19). The quantitative estimate of drug-likeness (QED) is 0.602. The lowest BCUT2D eigenvalue weighted by Crippen LogP contribution is -2.40. The normalized spacial score (nSPS) is 10.9. The van der Waals surface area contributed by atoms with Crippen LogP contribution in [0.15, 0.2) is 36.4 Å². The minimum Gasteiger partial charge on any atom is -0.398 e. The second-order valence-corrected chi connectivity index (χ2v) is 4.32. The lowest BCUT2D eigenvalue weighted by atomic mass is 10.0. The molecule has 0 bridgehead atoms. The van der Waals surface area contributed by atoms with Crippen molar-refractivity contribution in [2.24, 2.45) is 0 Å². The highest BCUT2D eigenvalue weighted by molar-refractivity contribution is 6.04. The van der Waals surface area contributed by atoms with E-state index >= 15 is 0 Å². The number of amides is 1. The average Bonchev–Trinajstić information content (AvgIpc) is 2.43. The monoisotopic (exact) mass is 260 g/mol. The molecule has 5 N–H and O–H groups in total. The highest BCUT2D eigenvalue weighted by Crippen LogP contribution is 2.21. The molecule has 19 heavy (non-hydrogen) atoms. The van der Waals surface area contributed by atoms with E-state index in [0.29, 0.717) is 11.3 Å². The van der Waals surface area contributed by atoms with Crippen molar-refractivity contribution in [3.63, 3.8) is 0 Å². The topological polar surface area (TPSA) is 95.6 Å². The van der Waals surface area contributed by atoms with Crippen LogP contribution >= 0.6 is 0 Å². The Balaban J connectivity index is 2.33. The van der Waals surface area contributed by atoms with Gasteiger partial charge in [-0.2, -0.15) is 0 Å². The summed E-state index contributed by atoms with van der Waals surface area (Å²) in [7, 11) is 0. The van der Waals surface area contributed by atoms with Gasteiger partial charge in [-0.3, -0.25) is 4.79 Å². The molecule has 1 amide bonds. The van der Waals surface area contributed by atoms with Gasteiger partial charge in [-0.15, -0.1) is 0 Å².